The van der Waals surface area contributed by atoms with Gasteiger partial charge in [0.05, 0.1) is 5.69 Å². The molecular formula is C13H15N7O2. The highest BCUT2D eigenvalue weighted by Crippen LogP contribution is 2.11. The third-order valence-electron chi connectivity index (χ3n) is 2.64. The third-order valence-corrected chi connectivity index (χ3v) is 2.64. The number of hydrogen-bond acceptors (Lipinski definition) is 4. The van der Waals surface area contributed by atoms with Crippen LogP contribution in [0, 0.1) is 0 Å². The van der Waals surface area contributed by atoms with E-state index in [0.717, 1.165) is 0 Å². The highest BCUT2D eigenvalue weighted by Gasteiger charge is 2.25. The van der Waals surface area contributed by atoms with Gasteiger partial charge in [0.1, 0.15) is 0 Å². The highest BCUT2D eigenvalue weighted by atomic mass is 16.2. The zero-order valence-electron chi connectivity index (χ0n) is 12.1. The van der Waals surface area contributed by atoms with Gasteiger partial charge in [-0.1, -0.05) is 18.2 Å². The Balaban J connectivity index is 2.55. The summed E-state index contributed by atoms with van der Waals surface area (Å²) < 4.78 is 0. The quantitative estimate of drug-likeness (QED) is 0.573. The van der Waals surface area contributed by atoms with Crippen molar-refractivity contribution in [1.29, 1.82) is 0 Å². The summed E-state index contributed by atoms with van der Waals surface area (Å²) in [5.74, 6) is -1.72. The minimum atomic E-state index is -0.826. The maximum absolute atomic E-state index is 12.1. The molecule has 0 spiro atoms. The van der Waals surface area contributed by atoms with Crippen LogP contribution >= 0.6 is 0 Å². The van der Waals surface area contributed by atoms with Gasteiger partial charge in [-0.15, -0.1) is 10.2 Å². The van der Waals surface area contributed by atoms with Crippen LogP contribution in [0.2, 0.25) is 0 Å². The van der Waals surface area contributed by atoms with E-state index in [1.165, 1.54) is 9.70 Å². The van der Waals surface area contributed by atoms with E-state index in [-0.39, 0.29) is 11.4 Å². The monoisotopic (exact) mass is 301 g/mol. The second-order valence-electron chi connectivity index (χ2n) is 4.56. The Morgan fingerprint density at radius 1 is 1.09 bits per heavy atom. The molecule has 1 aromatic heterocycles. The van der Waals surface area contributed by atoms with Crippen LogP contribution in [0.5, 0.6) is 0 Å². The van der Waals surface area contributed by atoms with E-state index in [0.29, 0.717) is 5.69 Å². The first-order valence-corrected chi connectivity index (χ1v) is 6.28. The number of aromatic nitrogens is 3. The van der Waals surface area contributed by atoms with E-state index in [1.807, 2.05) is 6.07 Å². The number of carbonyl (C=O) groups excluding carboxylic acids is 2. The van der Waals surface area contributed by atoms with Crippen LogP contribution in [0.3, 0.4) is 0 Å². The molecule has 114 valence electrons. The van der Waals surface area contributed by atoms with Gasteiger partial charge in [-0.3, -0.25) is 9.59 Å². The molecule has 0 unspecified atom stereocenters. The fraction of sp³-hybridized carbons (Fsp3) is 0.154. The number of nitrogens with two attached hydrogens (primary N) is 2. The molecule has 2 rings (SSSR count). The molecule has 9 heteroatoms. The molecule has 22 heavy (non-hydrogen) atoms. The molecule has 9 nitrogen and oxygen atoms in total. The van der Waals surface area contributed by atoms with Crippen LogP contribution in [0.25, 0.3) is 5.69 Å². The number of benzene rings is 1. The predicted octanol–water partition coefficient (Wildman–Crippen LogP) is -0.617. The molecular weight excluding hydrogens is 286 g/mol. The zero-order valence-corrected chi connectivity index (χ0v) is 12.1. The number of aliphatic imine (C=N–C) groups is 1. The van der Waals surface area contributed by atoms with Gasteiger partial charge in [0.25, 0.3) is 5.91 Å². The summed E-state index contributed by atoms with van der Waals surface area (Å²) in [5, 5.41) is 8.10. The summed E-state index contributed by atoms with van der Waals surface area (Å²) in [5.41, 5.74) is 10.6. The van der Waals surface area contributed by atoms with Crippen molar-refractivity contribution >= 4 is 17.8 Å². The number of carbonyl (C=O) groups is 2. The molecule has 0 aliphatic carbocycles. The zero-order chi connectivity index (χ0) is 16.3. The van der Waals surface area contributed by atoms with E-state index in [4.69, 9.17) is 11.5 Å². The fourth-order valence-electron chi connectivity index (χ4n) is 1.65. The number of rotatable bonds is 3. The highest BCUT2D eigenvalue weighted by molar-refractivity contribution is 6.07. The smallest absolute Gasteiger partial charge is 0.303 e. The van der Waals surface area contributed by atoms with Crippen molar-refractivity contribution in [3.05, 3.63) is 41.7 Å². The van der Waals surface area contributed by atoms with Crippen molar-refractivity contribution in [2.45, 2.75) is 0 Å². The molecule has 0 bridgehead atoms. The number of guanidine groups is 1. The fourth-order valence-corrected chi connectivity index (χ4v) is 1.65. The van der Waals surface area contributed by atoms with Crippen LogP contribution in [-0.4, -0.2) is 51.8 Å². The van der Waals surface area contributed by atoms with Crippen molar-refractivity contribution in [2.24, 2.45) is 16.5 Å². The summed E-state index contributed by atoms with van der Waals surface area (Å²) >= 11 is 0. The van der Waals surface area contributed by atoms with Crippen molar-refractivity contribution in [3.63, 3.8) is 0 Å². The number of amides is 2. The predicted molar refractivity (Wildman–Crippen MR) is 79.5 cm³/mol. The molecule has 0 radical (unpaired) electrons. The first-order chi connectivity index (χ1) is 10.4. The first kappa shape index (κ1) is 15.2. The van der Waals surface area contributed by atoms with Gasteiger partial charge in [-0.25, -0.2) is 0 Å². The minimum Gasteiger partial charge on any atom is -0.370 e. The van der Waals surface area contributed by atoms with Crippen LogP contribution in [0.15, 0.2) is 35.3 Å². The van der Waals surface area contributed by atoms with Crippen molar-refractivity contribution in [1.82, 2.24) is 19.9 Å². The summed E-state index contributed by atoms with van der Waals surface area (Å²) in [7, 11) is 3.08. The Kier molecular flexibility index (Phi) is 4.16. The Morgan fingerprint density at radius 2 is 1.68 bits per heavy atom. The van der Waals surface area contributed by atoms with E-state index in [1.54, 1.807) is 38.4 Å². The maximum Gasteiger partial charge on any atom is 0.303 e. The second-order valence-corrected chi connectivity index (χ2v) is 4.56. The van der Waals surface area contributed by atoms with E-state index >= 15 is 0 Å². The number of hydrogen-bond donors (Lipinski definition) is 2. The molecule has 0 aliphatic heterocycles. The van der Waals surface area contributed by atoms with E-state index < -0.39 is 17.8 Å². The molecule has 2 aromatic rings. The van der Waals surface area contributed by atoms with Crippen LogP contribution < -0.4 is 11.5 Å². The van der Waals surface area contributed by atoms with Gasteiger partial charge in [-0.2, -0.15) is 9.79 Å². The molecule has 0 fully saturated rings. The number of nitrogens with zero attached hydrogens (tertiary/aromatic N) is 5. The van der Waals surface area contributed by atoms with E-state index in [9.17, 15) is 9.59 Å². The summed E-state index contributed by atoms with van der Waals surface area (Å²) in [6.07, 6.45) is 0. The SMILES string of the molecule is CN(C)C(=O)c1nn(-c2ccccc2)nc1C(=O)N=C(N)N. The van der Waals surface area contributed by atoms with Crippen LogP contribution in [-0.2, 0) is 0 Å². The largest absolute Gasteiger partial charge is 0.370 e. The topological polar surface area (TPSA) is 132 Å². The van der Waals surface area contributed by atoms with Gasteiger partial charge in [0.15, 0.2) is 17.3 Å². The van der Waals surface area contributed by atoms with Crippen LogP contribution in [0.1, 0.15) is 21.0 Å². The lowest BCUT2D eigenvalue weighted by Crippen LogP contribution is -2.26. The second kappa shape index (κ2) is 6.04. The van der Waals surface area contributed by atoms with Crippen molar-refractivity contribution in [3.8, 4) is 5.69 Å². The van der Waals surface area contributed by atoms with Crippen LogP contribution in [0.4, 0.5) is 0 Å². The standard InChI is InChI=1S/C13H15N7O2/c1-19(2)12(22)10-9(11(21)16-13(14)15)17-20(18-10)8-6-4-3-5-7-8/h3-7H,1-2H3,(H4,14,15,16,21). The first-order valence-electron chi connectivity index (χ1n) is 6.28. The molecule has 0 atom stereocenters. The third kappa shape index (κ3) is 3.08. The normalized spacial score (nSPS) is 10.1. The Labute approximate surface area is 126 Å². The number of para-hydroxylation sites is 1. The molecule has 0 aliphatic rings. The Morgan fingerprint density at radius 3 is 2.23 bits per heavy atom. The molecule has 2 amide bonds. The Bertz CT molecular complexity index is 730. The van der Waals surface area contributed by atoms with Gasteiger partial charge < -0.3 is 16.4 Å². The van der Waals surface area contributed by atoms with Gasteiger partial charge in [-0.05, 0) is 12.1 Å². The summed E-state index contributed by atoms with van der Waals surface area (Å²) in [6, 6.07) is 8.86. The lowest BCUT2D eigenvalue weighted by atomic mass is 10.3. The average Bonchev–Trinajstić information content (AvgIpc) is 2.91. The lowest BCUT2D eigenvalue weighted by Gasteiger charge is -2.07. The molecule has 1 heterocycles. The molecule has 4 N–H and O–H groups in total. The van der Waals surface area contributed by atoms with E-state index in [2.05, 4.69) is 15.2 Å². The van der Waals surface area contributed by atoms with Gasteiger partial charge in [0, 0.05) is 14.1 Å². The van der Waals surface area contributed by atoms with Gasteiger partial charge in [0.2, 0.25) is 0 Å². The molecule has 0 saturated carbocycles. The maximum atomic E-state index is 12.1. The summed E-state index contributed by atoms with van der Waals surface area (Å²) in [6.45, 7) is 0. The molecule has 1 aromatic carbocycles. The van der Waals surface area contributed by atoms with Gasteiger partial charge >= 0.3 is 5.91 Å². The summed E-state index contributed by atoms with van der Waals surface area (Å²) in [4.78, 5) is 30.0. The Hall–Kier alpha value is -3.23. The average molecular weight is 301 g/mol. The van der Waals surface area contributed by atoms with Crippen molar-refractivity contribution in [2.75, 3.05) is 14.1 Å². The minimum absolute atomic E-state index is 0.121. The lowest BCUT2D eigenvalue weighted by molar-refractivity contribution is 0.0815. The van der Waals surface area contributed by atoms with Crippen molar-refractivity contribution < 1.29 is 9.59 Å². The molecule has 0 saturated heterocycles.